The summed E-state index contributed by atoms with van der Waals surface area (Å²) < 4.78 is 5.01. The van der Waals surface area contributed by atoms with Crippen molar-refractivity contribution in [3.8, 4) is 0 Å². The van der Waals surface area contributed by atoms with Gasteiger partial charge in [0.2, 0.25) is 5.91 Å². The van der Waals surface area contributed by atoms with E-state index in [1.165, 1.54) is 11.1 Å². The average Bonchev–Trinajstić information content (AvgIpc) is 2.39. The van der Waals surface area contributed by atoms with Gasteiger partial charge in [0.05, 0.1) is 18.4 Å². The maximum atomic E-state index is 11.8. The van der Waals surface area contributed by atoms with Gasteiger partial charge in [0, 0.05) is 19.5 Å². The molecule has 0 aromatic heterocycles. The predicted molar refractivity (Wildman–Crippen MR) is 82.9 cm³/mol. The molecule has 1 atom stereocenters. The van der Waals surface area contributed by atoms with Crippen LogP contribution in [0.4, 0.5) is 0 Å². The number of ether oxygens (including phenoxy) is 1. The van der Waals surface area contributed by atoms with E-state index in [0.717, 1.165) is 5.75 Å². The highest BCUT2D eigenvalue weighted by molar-refractivity contribution is 7.99. The number of hydrogen-bond acceptors (Lipinski definition) is 4. The Morgan fingerprint density at radius 2 is 2.30 bits per heavy atom. The number of rotatable bonds is 9. The number of nitrogens with one attached hydrogen (secondary N) is 1. The van der Waals surface area contributed by atoms with Crippen molar-refractivity contribution in [2.75, 3.05) is 26.1 Å². The van der Waals surface area contributed by atoms with Gasteiger partial charge in [-0.25, -0.2) is 0 Å². The molecule has 2 N–H and O–H groups in total. The van der Waals surface area contributed by atoms with E-state index in [0.29, 0.717) is 18.8 Å². The minimum Gasteiger partial charge on any atom is -0.396 e. The largest absolute Gasteiger partial charge is 0.396 e. The van der Waals surface area contributed by atoms with Crippen LogP contribution in [-0.2, 0) is 15.3 Å². The number of benzene rings is 1. The first-order valence-corrected chi connectivity index (χ1v) is 7.83. The monoisotopic (exact) mass is 297 g/mol. The molecule has 0 bridgehead atoms. The number of methoxy groups -OCH3 is 1. The Morgan fingerprint density at radius 3 is 2.95 bits per heavy atom. The third-order valence-corrected chi connectivity index (χ3v) is 3.80. The van der Waals surface area contributed by atoms with Crippen LogP contribution in [0, 0.1) is 6.92 Å². The van der Waals surface area contributed by atoms with Crippen LogP contribution in [0.5, 0.6) is 0 Å². The van der Waals surface area contributed by atoms with Crippen molar-refractivity contribution in [2.24, 2.45) is 0 Å². The van der Waals surface area contributed by atoms with Gasteiger partial charge < -0.3 is 15.2 Å². The van der Waals surface area contributed by atoms with Gasteiger partial charge in [-0.15, -0.1) is 11.8 Å². The number of carbonyl (C=O) groups excluding carboxylic acids is 1. The highest BCUT2D eigenvalue weighted by Gasteiger charge is 2.11. The van der Waals surface area contributed by atoms with Crippen molar-refractivity contribution in [3.05, 3.63) is 35.4 Å². The second-order valence-corrected chi connectivity index (χ2v) is 5.70. The Morgan fingerprint density at radius 1 is 1.50 bits per heavy atom. The van der Waals surface area contributed by atoms with Crippen LogP contribution >= 0.6 is 11.8 Å². The Kier molecular flexibility index (Phi) is 8.34. The van der Waals surface area contributed by atoms with E-state index in [-0.39, 0.29) is 18.6 Å². The number of thioether (sulfide) groups is 1. The molecule has 5 heteroatoms. The van der Waals surface area contributed by atoms with Crippen LogP contribution < -0.4 is 5.32 Å². The van der Waals surface area contributed by atoms with Crippen molar-refractivity contribution in [1.82, 2.24) is 5.32 Å². The number of aliphatic hydroxyl groups is 1. The van der Waals surface area contributed by atoms with Gasteiger partial charge in [0.25, 0.3) is 0 Å². The van der Waals surface area contributed by atoms with Crippen LogP contribution in [0.2, 0.25) is 0 Å². The van der Waals surface area contributed by atoms with Crippen LogP contribution in [0.1, 0.15) is 17.5 Å². The first kappa shape index (κ1) is 17.0. The second kappa shape index (κ2) is 9.80. The molecule has 0 aliphatic rings. The number of amides is 1. The van der Waals surface area contributed by atoms with Gasteiger partial charge in [-0.3, -0.25) is 4.79 Å². The fourth-order valence-electron chi connectivity index (χ4n) is 1.89. The smallest absolute Gasteiger partial charge is 0.230 e. The summed E-state index contributed by atoms with van der Waals surface area (Å²) in [6.07, 6.45) is 0.516. The number of hydrogen-bond donors (Lipinski definition) is 2. The molecular formula is C15H23NO3S. The highest BCUT2D eigenvalue weighted by atomic mass is 32.2. The normalized spacial score (nSPS) is 12.2. The Labute approximate surface area is 124 Å². The zero-order valence-corrected chi connectivity index (χ0v) is 12.9. The molecule has 0 fully saturated rings. The molecule has 0 aliphatic carbocycles. The molecule has 0 saturated carbocycles. The Bertz CT molecular complexity index is 406. The van der Waals surface area contributed by atoms with Gasteiger partial charge in [-0.05, 0) is 18.9 Å². The lowest BCUT2D eigenvalue weighted by atomic mass is 10.2. The summed E-state index contributed by atoms with van der Waals surface area (Å²) in [6.45, 7) is 2.53. The van der Waals surface area contributed by atoms with Crippen molar-refractivity contribution < 1.29 is 14.6 Å². The SMILES string of the molecule is COCC(CCO)NC(=O)CSCc1cccc(C)c1. The van der Waals surface area contributed by atoms with E-state index in [1.807, 2.05) is 6.07 Å². The van der Waals surface area contributed by atoms with E-state index in [4.69, 9.17) is 9.84 Å². The Hall–Kier alpha value is -1.04. The third-order valence-electron chi connectivity index (χ3n) is 2.79. The molecule has 0 saturated heterocycles. The van der Waals surface area contributed by atoms with E-state index >= 15 is 0 Å². The molecule has 0 spiro atoms. The number of aliphatic hydroxyl groups excluding tert-OH is 1. The molecule has 0 heterocycles. The van der Waals surface area contributed by atoms with E-state index < -0.39 is 0 Å². The summed E-state index contributed by atoms with van der Waals surface area (Å²) in [5, 5.41) is 11.8. The summed E-state index contributed by atoms with van der Waals surface area (Å²) in [5.74, 6) is 1.22. The van der Waals surface area contributed by atoms with Crippen LogP contribution in [0.3, 0.4) is 0 Å². The quantitative estimate of drug-likeness (QED) is 0.729. The summed E-state index contributed by atoms with van der Waals surface area (Å²) in [4.78, 5) is 11.8. The van der Waals surface area contributed by atoms with Crippen LogP contribution in [0.15, 0.2) is 24.3 Å². The summed E-state index contributed by atoms with van der Waals surface area (Å²) in [5.41, 5.74) is 2.46. The fraction of sp³-hybridized carbons (Fsp3) is 0.533. The standard InChI is InChI=1S/C15H23NO3S/c1-12-4-3-5-13(8-12)10-20-11-15(18)16-14(6-7-17)9-19-2/h3-5,8,14,17H,6-7,9-11H2,1-2H3,(H,16,18). The number of aryl methyl sites for hydroxylation is 1. The Balaban J connectivity index is 2.28. The van der Waals surface area contributed by atoms with Gasteiger partial charge in [0.15, 0.2) is 0 Å². The first-order chi connectivity index (χ1) is 9.65. The fourth-order valence-corrected chi connectivity index (χ4v) is 2.67. The van der Waals surface area contributed by atoms with Crippen LogP contribution in [-0.4, -0.2) is 43.1 Å². The molecule has 0 aliphatic heterocycles. The minimum atomic E-state index is -0.114. The molecule has 1 rings (SSSR count). The molecule has 1 aromatic rings. The zero-order valence-electron chi connectivity index (χ0n) is 12.1. The lowest BCUT2D eigenvalue weighted by Crippen LogP contribution is -2.39. The molecule has 1 amide bonds. The minimum absolute atomic E-state index is 0.0156. The lowest BCUT2D eigenvalue weighted by molar-refractivity contribution is -0.119. The first-order valence-electron chi connectivity index (χ1n) is 6.68. The van der Waals surface area contributed by atoms with Crippen molar-refractivity contribution in [3.63, 3.8) is 0 Å². The zero-order chi connectivity index (χ0) is 14.8. The van der Waals surface area contributed by atoms with Crippen molar-refractivity contribution >= 4 is 17.7 Å². The molecule has 1 unspecified atom stereocenters. The van der Waals surface area contributed by atoms with E-state index in [9.17, 15) is 4.79 Å². The predicted octanol–water partition coefficient (Wildman–Crippen LogP) is 1.74. The molecule has 112 valence electrons. The summed E-state index contributed by atoms with van der Waals surface area (Å²) in [7, 11) is 1.59. The van der Waals surface area contributed by atoms with Gasteiger partial charge >= 0.3 is 0 Å². The van der Waals surface area contributed by atoms with E-state index in [2.05, 4.69) is 30.4 Å². The van der Waals surface area contributed by atoms with E-state index in [1.54, 1.807) is 18.9 Å². The topological polar surface area (TPSA) is 58.6 Å². The van der Waals surface area contributed by atoms with Crippen LogP contribution in [0.25, 0.3) is 0 Å². The number of carbonyl (C=O) groups is 1. The maximum Gasteiger partial charge on any atom is 0.230 e. The summed E-state index contributed by atoms with van der Waals surface area (Å²) in [6, 6.07) is 8.17. The van der Waals surface area contributed by atoms with Gasteiger partial charge in [0.1, 0.15) is 0 Å². The lowest BCUT2D eigenvalue weighted by Gasteiger charge is -2.16. The average molecular weight is 297 g/mol. The molecule has 4 nitrogen and oxygen atoms in total. The summed E-state index contributed by atoms with van der Waals surface area (Å²) >= 11 is 1.59. The highest BCUT2D eigenvalue weighted by Crippen LogP contribution is 2.13. The molecule has 0 radical (unpaired) electrons. The molecular weight excluding hydrogens is 274 g/mol. The second-order valence-electron chi connectivity index (χ2n) is 4.71. The molecule has 1 aromatic carbocycles. The van der Waals surface area contributed by atoms with Crippen molar-refractivity contribution in [2.45, 2.75) is 25.1 Å². The third kappa shape index (κ3) is 6.93. The van der Waals surface area contributed by atoms with Gasteiger partial charge in [-0.1, -0.05) is 29.8 Å². The van der Waals surface area contributed by atoms with Crippen molar-refractivity contribution in [1.29, 1.82) is 0 Å². The molecule has 20 heavy (non-hydrogen) atoms. The maximum absolute atomic E-state index is 11.8. The van der Waals surface area contributed by atoms with Gasteiger partial charge in [-0.2, -0.15) is 0 Å².